The molecule has 2 amide bonds. The van der Waals surface area contributed by atoms with Gasteiger partial charge in [0.25, 0.3) is 10.0 Å². The molecule has 0 heterocycles. The first-order chi connectivity index (χ1) is 18.6. The fraction of sp³-hybridized carbons (Fsp3) is 0.310. The lowest BCUT2D eigenvalue weighted by atomic mass is 10.1. The average molecular weight is 556 g/mol. The van der Waals surface area contributed by atoms with E-state index in [2.05, 4.69) is 5.32 Å². The minimum atomic E-state index is -4.28. The van der Waals surface area contributed by atoms with Crippen LogP contribution in [0.3, 0.4) is 0 Å². The van der Waals surface area contributed by atoms with Gasteiger partial charge in [0, 0.05) is 13.1 Å². The van der Waals surface area contributed by atoms with Crippen molar-refractivity contribution in [1.82, 2.24) is 10.2 Å². The number of carbonyl (C=O) groups excluding carboxylic acids is 2. The molecular formula is C29H34FN3O5S. The van der Waals surface area contributed by atoms with Gasteiger partial charge in [0.2, 0.25) is 11.8 Å². The van der Waals surface area contributed by atoms with Crippen molar-refractivity contribution in [3.05, 3.63) is 89.7 Å². The molecule has 3 aromatic carbocycles. The maximum atomic E-state index is 13.8. The van der Waals surface area contributed by atoms with E-state index in [1.807, 2.05) is 38.1 Å². The molecule has 3 rings (SSSR count). The molecule has 0 bridgehead atoms. The van der Waals surface area contributed by atoms with Crippen LogP contribution in [0.2, 0.25) is 0 Å². The molecule has 1 N–H and O–H groups in total. The Morgan fingerprint density at radius 2 is 1.67 bits per heavy atom. The highest BCUT2D eigenvalue weighted by Crippen LogP contribution is 2.27. The van der Waals surface area contributed by atoms with E-state index >= 15 is 0 Å². The molecule has 8 nitrogen and oxygen atoms in total. The summed E-state index contributed by atoms with van der Waals surface area (Å²) >= 11 is 0. The second-order valence-electron chi connectivity index (χ2n) is 8.97. The SMILES string of the molecule is CCNC(=O)[C@H](C)N(Cc1cccc(C)c1)C(=O)CN(c1ccc(OCC)cc1)S(=O)(=O)c1ccc(F)cc1. The molecule has 0 aliphatic heterocycles. The molecule has 0 aromatic heterocycles. The largest absolute Gasteiger partial charge is 0.494 e. The van der Waals surface area contributed by atoms with Crippen LogP contribution < -0.4 is 14.4 Å². The quantitative estimate of drug-likeness (QED) is 0.360. The predicted molar refractivity (Wildman–Crippen MR) is 148 cm³/mol. The number of nitrogens with zero attached hydrogens (tertiary/aromatic N) is 2. The maximum absolute atomic E-state index is 13.8. The number of likely N-dealkylation sites (N-methyl/N-ethyl adjacent to an activating group) is 1. The van der Waals surface area contributed by atoms with Crippen LogP contribution in [-0.4, -0.2) is 50.9 Å². The molecular weight excluding hydrogens is 521 g/mol. The number of amides is 2. The fourth-order valence-electron chi connectivity index (χ4n) is 4.05. The van der Waals surface area contributed by atoms with E-state index in [1.165, 1.54) is 17.0 Å². The zero-order valence-electron chi connectivity index (χ0n) is 22.6. The van der Waals surface area contributed by atoms with E-state index in [0.717, 1.165) is 39.7 Å². The van der Waals surface area contributed by atoms with Crippen molar-refractivity contribution >= 4 is 27.5 Å². The van der Waals surface area contributed by atoms with Crippen molar-refractivity contribution in [1.29, 1.82) is 0 Å². The fourth-order valence-corrected chi connectivity index (χ4v) is 5.46. The molecule has 0 aliphatic rings. The van der Waals surface area contributed by atoms with Gasteiger partial charge in [-0.2, -0.15) is 0 Å². The van der Waals surface area contributed by atoms with Gasteiger partial charge in [-0.25, -0.2) is 12.8 Å². The number of anilines is 1. The van der Waals surface area contributed by atoms with E-state index in [9.17, 15) is 22.4 Å². The summed E-state index contributed by atoms with van der Waals surface area (Å²) in [4.78, 5) is 27.8. The normalized spacial score (nSPS) is 11.9. The van der Waals surface area contributed by atoms with Gasteiger partial charge in [-0.05, 0) is 81.8 Å². The van der Waals surface area contributed by atoms with Gasteiger partial charge in [0.05, 0.1) is 17.2 Å². The summed E-state index contributed by atoms with van der Waals surface area (Å²) in [5.74, 6) is -0.974. The molecule has 10 heteroatoms. The van der Waals surface area contributed by atoms with E-state index in [-0.39, 0.29) is 23.0 Å². The van der Waals surface area contributed by atoms with Gasteiger partial charge in [-0.1, -0.05) is 29.8 Å². The summed E-state index contributed by atoms with van der Waals surface area (Å²) in [7, 11) is -4.28. The number of benzene rings is 3. The van der Waals surface area contributed by atoms with Gasteiger partial charge < -0.3 is 15.0 Å². The average Bonchev–Trinajstić information content (AvgIpc) is 2.91. The first-order valence-corrected chi connectivity index (χ1v) is 14.1. The Hall–Kier alpha value is -3.92. The molecule has 0 unspecified atom stereocenters. The zero-order chi connectivity index (χ0) is 28.6. The van der Waals surface area contributed by atoms with Crippen LogP contribution in [0.15, 0.2) is 77.7 Å². The van der Waals surface area contributed by atoms with Crippen LogP contribution in [0.4, 0.5) is 10.1 Å². The minimum absolute atomic E-state index is 0.104. The third kappa shape index (κ3) is 7.57. The van der Waals surface area contributed by atoms with E-state index < -0.39 is 34.3 Å². The summed E-state index contributed by atoms with van der Waals surface area (Å²) in [6.45, 7) is 7.47. The third-order valence-corrected chi connectivity index (χ3v) is 7.86. The molecule has 0 radical (unpaired) electrons. The molecule has 3 aromatic rings. The van der Waals surface area contributed by atoms with Crippen molar-refractivity contribution in [3.8, 4) is 5.75 Å². The Morgan fingerprint density at radius 3 is 2.26 bits per heavy atom. The minimum Gasteiger partial charge on any atom is -0.494 e. The maximum Gasteiger partial charge on any atom is 0.264 e. The van der Waals surface area contributed by atoms with Crippen molar-refractivity contribution in [2.75, 3.05) is 24.0 Å². The van der Waals surface area contributed by atoms with Gasteiger partial charge in [-0.15, -0.1) is 0 Å². The van der Waals surface area contributed by atoms with Crippen molar-refractivity contribution in [2.45, 2.75) is 45.2 Å². The summed E-state index contributed by atoms with van der Waals surface area (Å²) < 4.78 is 47.5. The predicted octanol–water partition coefficient (Wildman–Crippen LogP) is 4.28. The summed E-state index contributed by atoms with van der Waals surface area (Å²) in [6, 6.07) is 17.4. The van der Waals surface area contributed by atoms with Crippen molar-refractivity contribution in [2.24, 2.45) is 0 Å². The first-order valence-electron chi connectivity index (χ1n) is 12.7. The summed E-state index contributed by atoms with van der Waals surface area (Å²) in [5, 5.41) is 2.73. The summed E-state index contributed by atoms with van der Waals surface area (Å²) in [6.07, 6.45) is 0. The van der Waals surface area contributed by atoms with Gasteiger partial charge in [-0.3, -0.25) is 13.9 Å². The number of rotatable bonds is 12. The number of carbonyl (C=O) groups is 2. The lowest BCUT2D eigenvalue weighted by Crippen LogP contribution is -2.51. The lowest BCUT2D eigenvalue weighted by molar-refractivity contribution is -0.139. The Kier molecular flexibility index (Phi) is 10.1. The van der Waals surface area contributed by atoms with Gasteiger partial charge in [0.1, 0.15) is 24.2 Å². The van der Waals surface area contributed by atoms with E-state index in [1.54, 1.807) is 26.0 Å². The molecule has 1 atom stereocenters. The molecule has 0 fully saturated rings. The van der Waals surface area contributed by atoms with Crippen LogP contribution >= 0.6 is 0 Å². The van der Waals surface area contributed by atoms with Crippen LogP contribution in [0, 0.1) is 12.7 Å². The second-order valence-corrected chi connectivity index (χ2v) is 10.8. The standard InChI is InChI=1S/C29H34FN3O5S/c1-5-31-29(35)22(4)32(19-23-9-7-8-21(3)18-23)28(34)20-33(25-12-14-26(15-13-25)38-6-2)39(36,37)27-16-10-24(30)11-17-27/h7-18,22H,5-6,19-20H2,1-4H3,(H,31,35)/t22-/m0/s1. The molecule has 39 heavy (non-hydrogen) atoms. The number of aryl methyl sites for hydroxylation is 1. The number of hydrogen-bond donors (Lipinski definition) is 1. The lowest BCUT2D eigenvalue weighted by Gasteiger charge is -2.32. The van der Waals surface area contributed by atoms with Crippen molar-refractivity contribution in [3.63, 3.8) is 0 Å². The first kappa shape index (κ1) is 29.6. The van der Waals surface area contributed by atoms with E-state index in [4.69, 9.17) is 4.74 Å². The van der Waals surface area contributed by atoms with Crippen LogP contribution in [0.5, 0.6) is 5.75 Å². The second kappa shape index (κ2) is 13.2. The topological polar surface area (TPSA) is 96.0 Å². The smallest absolute Gasteiger partial charge is 0.264 e. The molecule has 208 valence electrons. The Bertz CT molecular complexity index is 1380. The number of halogens is 1. The monoisotopic (exact) mass is 555 g/mol. The Morgan fingerprint density at radius 1 is 1.00 bits per heavy atom. The highest BCUT2D eigenvalue weighted by atomic mass is 32.2. The highest BCUT2D eigenvalue weighted by Gasteiger charge is 2.32. The third-order valence-electron chi connectivity index (χ3n) is 6.07. The molecule has 0 aliphatic carbocycles. The highest BCUT2D eigenvalue weighted by molar-refractivity contribution is 7.92. The number of nitrogens with one attached hydrogen (secondary N) is 1. The van der Waals surface area contributed by atoms with Crippen LogP contribution in [0.25, 0.3) is 0 Å². The molecule has 0 spiro atoms. The number of hydrogen-bond acceptors (Lipinski definition) is 5. The van der Waals surface area contributed by atoms with Gasteiger partial charge >= 0.3 is 0 Å². The van der Waals surface area contributed by atoms with Crippen LogP contribution in [-0.2, 0) is 26.2 Å². The van der Waals surface area contributed by atoms with Crippen LogP contribution in [0.1, 0.15) is 31.9 Å². The molecule has 0 saturated carbocycles. The van der Waals surface area contributed by atoms with Gasteiger partial charge in [0.15, 0.2) is 0 Å². The number of sulfonamides is 1. The van der Waals surface area contributed by atoms with E-state index in [0.29, 0.717) is 18.9 Å². The Balaban J connectivity index is 2.03. The van der Waals surface area contributed by atoms with Crippen molar-refractivity contribution < 1.29 is 27.1 Å². The summed E-state index contributed by atoms with van der Waals surface area (Å²) in [5.41, 5.74) is 2.01. The molecule has 0 saturated heterocycles. The Labute approximate surface area is 229 Å². The zero-order valence-corrected chi connectivity index (χ0v) is 23.4. The number of ether oxygens (including phenoxy) is 1.